The summed E-state index contributed by atoms with van der Waals surface area (Å²) in [5.41, 5.74) is 6.03. The van der Waals surface area contributed by atoms with E-state index in [9.17, 15) is 0 Å². The summed E-state index contributed by atoms with van der Waals surface area (Å²) in [6.45, 7) is 0. The first-order chi connectivity index (χ1) is 18.9. The second-order valence-corrected chi connectivity index (χ2v) is 8.88. The molecule has 0 amide bonds. The Morgan fingerprint density at radius 2 is 1.56 bits per heavy atom. The molecule has 8 rings (SSSR count). The molecule has 0 N–H and O–H groups in total. The minimum Gasteiger partial charge on any atom is -0.522 e. The standard InChI is InChI=1S/C23H13N2O.C11H8N.Ir/c1-2-8-17(9-3-1)24-15-25-20-14-13-16-7-4-5-10-18(16)23(20)26-21-12-6-11-19(24)22(21)25;1-2-6-10(7-3-1)11-8-4-5-9-12-11;/h1-13H;1-6,8-9H;/q2*-1;+3. The summed E-state index contributed by atoms with van der Waals surface area (Å²) in [4.78, 5) is 4.22. The SMILES string of the molecule is [Ir+3].[c-]1cc2ccccc2c2c1-[n+]1[c-]n(-c3ccccc3)c3cccc(c31)O2.[c-]1ccccc1-c1ccccn1. The largest absolute Gasteiger partial charge is 3.00 e. The number of imidazole rings is 1. The van der Waals surface area contributed by atoms with E-state index in [-0.39, 0.29) is 20.1 Å². The topological polar surface area (TPSA) is 30.9 Å². The van der Waals surface area contributed by atoms with E-state index in [4.69, 9.17) is 4.74 Å². The van der Waals surface area contributed by atoms with Crippen molar-refractivity contribution in [3.8, 4) is 34.1 Å². The van der Waals surface area contributed by atoms with Crippen LogP contribution in [0.2, 0.25) is 0 Å². The number of ether oxygens (including phenoxy) is 1. The molecule has 1 aliphatic rings. The van der Waals surface area contributed by atoms with E-state index in [1.165, 1.54) is 0 Å². The van der Waals surface area contributed by atoms with E-state index in [1.807, 2.05) is 91.0 Å². The zero-order valence-electron chi connectivity index (χ0n) is 20.7. The molecule has 2 aromatic heterocycles. The van der Waals surface area contributed by atoms with Crippen LogP contribution < -0.4 is 9.30 Å². The quantitative estimate of drug-likeness (QED) is 0.142. The maximum Gasteiger partial charge on any atom is 3.00 e. The Kier molecular flexibility index (Phi) is 6.76. The summed E-state index contributed by atoms with van der Waals surface area (Å²) < 4.78 is 10.5. The third-order valence-corrected chi connectivity index (χ3v) is 6.53. The molecule has 0 bridgehead atoms. The van der Waals surface area contributed by atoms with Gasteiger partial charge in [0.15, 0.2) is 0 Å². The predicted octanol–water partition coefficient (Wildman–Crippen LogP) is 7.31. The number of para-hydroxylation sites is 2. The van der Waals surface area contributed by atoms with E-state index >= 15 is 0 Å². The Morgan fingerprint density at radius 3 is 2.38 bits per heavy atom. The molecule has 3 heterocycles. The van der Waals surface area contributed by atoms with Crippen molar-refractivity contribution < 1.29 is 29.4 Å². The zero-order chi connectivity index (χ0) is 25.3. The molecular formula is C34H21IrN3O+. The smallest absolute Gasteiger partial charge is 0.522 e. The molecule has 39 heavy (non-hydrogen) atoms. The zero-order valence-corrected chi connectivity index (χ0v) is 23.1. The van der Waals surface area contributed by atoms with Gasteiger partial charge < -0.3 is 14.3 Å². The van der Waals surface area contributed by atoms with E-state index in [0.29, 0.717) is 0 Å². The van der Waals surface area contributed by atoms with Gasteiger partial charge in [-0.15, -0.1) is 47.3 Å². The van der Waals surface area contributed by atoms with Crippen molar-refractivity contribution in [2.75, 3.05) is 0 Å². The first-order valence-electron chi connectivity index (χ1n) is 12.4. The van der Waals surface area contributed by atoms with E-state index in [0.717, 1.165) is 55.9 Å². The van der Waals surface area contributed by atoms with Crippen LogP contribution in [0, 0.1) is 18.5 Å². The van der Waals surface area contributed by atoms with Crippen LogP contribution in [0.4, 0.5) is 0 Å². The van der Waals surface area contributed by atoms with Crippen LogP contribution in [0.1, 0.15) is 0 Å². The van der Waals surface area contributed by atoms with Gasteiger partial charge in [0.25, 0.3) is 6.33 Å². The second-order valence-electron chi connectivity index (χ2n) is 8.88. The summed E-state index contributed by atoms with van der Waals surface area (Å²) in [5, 5.41) is 2.20. The second kappa shape index (κ2) is 10.7. The number of fused-ring (bicyclic) bond motifs is 4. The van der Waals surface area contributed by atoms with Gasteiger partial charge in [0.1, 0.15) is 11.3 Å². The van der Waals surface area contributed by atoms with Gasteiger partial charge in [-0.2, -0.15) is 12.1 Å². The molecule has 186 valence electrons. The fraction of sp³-hybridized carbons (Fsp3) is 0. The maximum atomic E-state index is 6.33. The van der Waals surface area contributed by atoms with Crippen molar-refractivity contribution in [2.45, 2.75) is 0 Å². The Balaban J connectivity index is 0.000000180. The Labute approximate surface area is 240 Å². The van der Waals surface area contributed by atoms with Crippen LogP contribution in [0.25, 0.3) is 44.4 Å². The number of hydrogen-bond acceptors (Lipinski definition) is 2. The summed E-state index contributed by atoms with van der Waals surface area (Å²) in [7, 11) is 0. The summed E-state index contributed by atoms with van der Waals surface area (Å²) in [5.74, 6) is 1.67. The third kappa shape index (κ3) is 4.52. The Bertz CT molecular complexity index is 1850. The van der Waals surface area contributed by atoms with Crippen LogP contribution in [0.3, 0.4) is 0 Å². The van der Waals surface area contributed by atoms with E-state index in [2.05, 4.69) is 62.9 Å². The number of hydrogen-bond donors (Lipinski definition) is 0. The molecule has 0 unspecified atom stereocenters. The molecule has 0 aliphatic carbocycles. The Morgan fingerprint density at radius 1 is 0.744 bits per heavy atom. The van der Waals surface area contributed by atoms with Gasteiger partial charge in [-0.3, -0.25) is 4.57 Å². The van der Waals surface area contributed by atoms with Crippen LogP contribution in [0.5, 0.6) is 11.5 Å². The van der Waals surface area contributed by atoms with Gasteiger partial charge >= 0.3 is 20.1 Å². The molecule has 0 atom stereocenters. The van der Waals surface area contributed by atoms with Crippen LogP contribution in [0.15, 0.2) is 128 Å². The van der Waals surface area contributed by atoms with Gasteiger partial charge in [-0.25, -0.2) is 0 Å². The number of nitrogens with zero attached hydrogens (tertiary/aromatic N) is 3. The fourth-order valence-electron chi connectivity index (χ4n) is 4.76. The van der Waals surface area contributed by atoms with Crippen molar-refractivity contribution >= 4 is 21.8 Å². The van der Waals surface area contributed by atoms with Gasteiger partial charge in [0.05, 0.1) is 11.2 Å². The van der Waals surface area contributed by atoms with Gasteiger partial charge in [0.2, 0.25) is 0 Å². The molecule has 0 spiro atoms. The molecule has 0 saturated carbocycles. The molecule has 7 aromatic rings. The maximum absolute atomic E-state index is 6.33. The number of aromatic nitrogens is 3. The molecule has 1 aliphatic heterocycles. The number of benzene rings is 5. The van der Waals surface area contributed by atoms with E-state index in [1.54, 1.807) is 6.20 Å². The minimum atomic E-state index is 0. The average Bonchev–Trinajstić information content (AvgIpc) is 3.40. The molecule has 4 nitrogen and oxygen atoms in total. The van der Waals surface area contributed by atoms with Crippen molar-refractivity contribution in [3.63, 3.8) is 0 Å². The van der Waals surface area contributed by atoms with Crippen LogP contribution in [-0.2, 0) is 20.1 Å². The molecular weight excluding hydrogens is 659 g/mol. The van der Waals surface area contributed by atoms with E-state index < -0.39 is 0 Å². The first-order valence-corrected chi connectivity index (χ1v) is 12.4. The predicted molar refractivity (Wildman–Crippen MR) is 149 cm³/mol. The summed E-state index contributed by atoms with van der Waals surface area (Å²) in [6.07, 6.45) is 5.28. The molecule has 5 aromatic carbocycles. The van der Waals surface area contributed by atoms with Crippen LogP contribution >= 0.6 is 0 Å². The number of rotatable bonds is 2. The average molecular weight is 680 g/mol. The van der Waals surface area contributed by atoms with Crippen molar-refractivity contribution in [2.24, 2.45) is 0 Å². The first kappa shape index (κ1) is 24.7. The van der Waals surface area contributed by atoms with Gasteiger partial charge in [0, 0.05) is 11.9 Å². The fourth-order valence-corrected chi connectivity index (χ4v) is 4.76. The van der Waals surface area contributed by atoms with Crippen molar-refractivity contribution in [3.05, 3.63) is 146 Å². The van der Waals surface area contributed by atoms with Gasteiger partial charge in [-0.1, -0.05) is 66.0 Å². The van der Waals surface area contributed by atoms with Crippen molar-refractivity contribution in [1.82, 2.24) is 9.55 Å². The summed E-state index contributed by atoms with van der Waals surface area (Å²) >= 11 is 0. The van der Waals surface area contributed by atoms with Gasteiger partial charge in [-0.05, 0) is 35.6 Å². The monoisotopic (exact) mass is 680 g/mol. The van der Waals surface area contributed by atoms with Crippen molar-refractivity contribution in [1.29, 1.82) is 0 Å². The number of pyridine rings is 1. The molecule has 0 radical (unpaired) electrons. The normalized spacial score (nSPS) is 11.1. The Hall–Kier alpha value is -4.57. The molecule has 0 saturated heterocycles. The third-order valence-electron chi connectivity index (χ3n) is 6.53. The molecule has 5 heteroatoms. The minimum absolute atomic E-state index is 0. The summed E-state index contributed by atoms with van der Waals surface area (Å²) in [6, 6.07) is 46.8. The molecule has 0 fully saturated rings. The van der Waals surface area contributed by atoms with Crippen LogP contribution in [-0.4, -0.2) is 9.55 Å².